The minimum Gasteiger partial charge on any atom is -0.512 e. The van der Waals surface area contributed by atoms with E-state index in [0.717, 1.165) is 48.8 Å². The Bertz CT molecular complexity index is 1390. The molecule has 5 rings (SSSR count). The summed E-state index contributed by atoms with van der Waals surface area (Å²) >= 11 is 0. The van der Waals surface area contributed by atoms with Gasteiger partial charge in [-0.1, -0.05) is 45.7 Å². The van der Waals surface area contributed by atoms with E-state index in [0.29, 0.717) is 24.4 Å². The minimum absolute atomic E-state index is 0.0439. The molecule has 202 valence electrons. The molecule has 0 radical (unpaired) electrons. The summed E-state index contributed by atoms with van der Waals surface area (Å²) in [5, 5.41) is 15.6. The number of carbonyl (C=O) groups excluding carboxylic acids is 1. The summed E-state index contributed by atoms with van der Waals surface area (Å²) in [5.41, 5.74) is 1.70. The number of hydrogen-bond donors (Lipinski definition) is 1. The van der Waals surface area contributed by atoms with Crippen LogP contribution in [0.1, 0.15) is 88.2 Å². The molecule has 1 saturated carbocycles. The number of aliphatic hydroxyl groups excluding tert-OH is 1. The van der Waals surface area contributed by atoms with Crippen LogP contribution in [0.15, 0.2) is 41.9 Å². The molecule has 1 aliphatic heterocycles. The lowest BCUT2D eigenvalue weighted by molar-refractivity contribution is -0.167. The molecular formula is C30H37FN4O3. The van der Waals surface area contributed by atoms with Crippen LogP contribution in [0.25, 0.3) is 5.78 Å². The van der Waals surface area contributed by atoms with Crippen LogP contribution in [-0.2, 0) is 27.8 Å². The van der Waals surface area contributed by atoms with Crippen molar-refractivity contribution < 1.29 is 19.0 Å². The van der Waals surface area contributed by atoms with Gasteiger partial charge in [0, 0.05) is 25.2 Å². The van der Waals surface area contributed by atoms with Gasteiger partial charge in [0.1, 0.15) is 17.2 Å². The average Bonchev–Trinajstić information content (AvgIpc) is 3.55. The van der Waals surface area contributed by atoms with E-state index in [9.17, 15) is 9.90 Å². The van der Waals surface area contributed by atoms with Gasteiger partial charge in [-0.15, -0.1) is 5.10 Å². The first kappa shape index (κ1) is 26.3. The summed E-state index contributed by atoms with van der Waals surface area (Å²) in [6.45, 7) is 8.08. The first-order valence-electron chi connectivity index (χ1n) is 13.7. The molecule has 1 fully saturated rings. The van der Waals surface area contributed by atoms with Gasteiger partial charge in [0.15, 0.2) is 5.82 Å². The maximum atomic E-state index is 15.0. The molecule has 7 nitrogen and oxygen atoms in total. The van der Waals surface area contributed by atoms with Gasteiger partial charge in [-0.05, 0) is 73.1 Å². The van der Waals surface area contributed by atoms with Crippen LogP contribution in [0.3, 0.4) is 0 Å². The number of hydrogen-bond acceptors (Lipinski definition) is 6. The summed E-state index contributed by atoms with van der Waals surface area (Å²) < 4.78 is 22.8. The SMILES string of the molecule is CCC(C)(C)c1ccc(CCC2(C3CCCC3)CC(O)=C(Cc3nc4ncc(C)cn4n3)C(=O)O2)cc1F. The second-order valence-corrected chi connectivity index (χ2v) is 11.7. The molecule has 0 amide bonds. The molecule has 38 heavy (non-hydrogen) atoms. The Labute approximate surface area is 223 Å². The smallest absolute Gasteiger partial charge is 0.338 e. The maximum absolute atomic E-state index is 15.0. The van der Waals surface area contributed by atoms with Crippen LogP contribution in [0.4, 0.5) is 4.39 Å². The van der Waals surface area contributed by atoms with E-state index in [1.807, 2.05) is 39.1 Å². The molecule has 1 atom stereocenters. The average molecular weight is 521 g/mol. The zero-order valence-electron chi connectivity index (χ0n) is 22.8. The van der Waals surface area contributed by atoms with E-state index >= 15 is 4.39 Å². The predicted octanol–water partition coefficient (Wildman–Crippen LogP) is 6.12. The van der Waals surface area contributed by atoms with Crippen molar-refractivity contribution in [2.75, 3.05) is 0 Å². The second kappa shape index (κ2) is 10.1. The quantitative estimate of drug-likeness (QED) is 0.360. The van der Waals surface area contributed by atoms with Crippen molar-refractivity contribution >= 4 is 11.7 Å². The number of aryl methyl sites for hydroxylation is 2. The number of ether oxygens (including phenoxy) is 1. The summed E-state index contributed by atoms with van der Waals surface area (Å²) in [6.07, 6.45) is 9.86. The summed E-state index contributed by atoms with van der Waals surface area (Å²) in [7, 11) is 0. The molecule has 0 spiro atoms. The van der Waals surface area contributed by atoms with Crippen molar-refractivity contribution in [1.82, 2.24) is 19.6 Å². The lowest BCUT2D eigenvalue weighted by Crippen LogP contribution is -2.46. The molecule has 0 saturated heterocycles. The summed E-state index contributed by atoms with van der Waals surface area (Å²) in [6, 6.07) is 5.48. The molecular weight excluding hydrogens is 483 g/mol. The van der Waals surface area contributed by atoms with Crippen molar-refractivity contribution in [2.24, 2.45) is 5.92 Å². The first-order valence-corrected chi connectivity index (χ1v) is 13.7. The number of benzene rings is 1. The first-order chi connectivity index (χ1) is 18.1. The number of carbonyl (C=O) groups is 1. The maximum Gasteiger partial charge on any atom is 0.338 e. The van der Waals surface area contributed by atoms with E-state index in [1.165, 1.54) is 0 Å². The molecule has 0 bridgehead atoms. The van der Waals surface area contributed by atoms with Crippen LogP contribution in [0.2, 0.25) is 0 Å². The predicted molar refractivity (Wildman–Crippen MR) is 142 cm³/mol. The van der Waals surface area contributed by atoms with Crippen LogP contribution >= 0.6 is 0 Å². The Kier molecular flexibility index (Phi) is 7.01. The van der Waals surface area contributed by atoms with Gasteiger partial charge in [-0.3, -0.25) is 0 Å². The standard InChI is InChI=1S/C30H37FN4O3/c1-5-29(3,4)23-11-10-20(14-24(23)31)12-13-30(21-8-6-7-9-21)16-25(36)22(27(37)38-30)15-26-33-28-32-17-19(2)18-35(28)34-26/h10-11,14,17-18,21,36H,5-9,12-13,15-16H2,1-4H3. The fourth-order valence-electron chi connectivity index (χ4n) is 5.95. The largest absolute Gasteiger partial charge is 0.512 e. The Morgan fingerprint density at radius 3 is 2.71 bits per heavy atom. The third kappa shape index (κ3) is 5.05. The topological polar surface area (TPSA) is 89.6 Å². The van der Waals surface area contributed by atoms with E-state index in [2.05, 4.69) is 22.0 Å². The zero-order valence-corrected chi connectivity index (χ0v) is 22.8. The Hall–Kier alpha value is -3.29. The number of nitrogens with zero attached hydrogens (tertiary/aromatic N) is 4. The van der Waals surface area contributed by atoms with Gasteiger partial charge >= 0.3 is 5.97 Å². The van der Waals surface area contributed by atoms with Crippen molar-refractivity contribution in [1.29, 1.82) is 0 Å². The van der Waals surface area contributed by atoms with Gasteiger partial charge in [-0.2, -0.15) is 4.98 Å². The van der Waals surface area contributed by atoms with Crippen LogP contribution in [0.5, 0.6) is 0 Å². The molecule has 1 aromatic carbocycles. The number of aromatic nitrogens is 4. The van der Waals surface area contributed by atoms with Gasteiger partial charge in [0.25, 0.3) is 5.78 Å². The Morgan fingerprint density at radius 1 is 1.26 bits per heavy atom. The normalized spacial score (nSPS) is 20.9. The number of aliphatic hydroxyl groups is 1. The Morgan fingerprint density at radius 2 is 2.03 bits per heavy atom. The highest BCUT2D eigenvalue weighted by molar-refractivity contribution is 5.90. The van der Waals surface area contributed by atoms with Crippen LogP contribution in [-0.4, -0.2) is 36.3 Å². The molecule has 3 heterocycles. The Balaban J connectivity index is 1.38. The van der Waals surface area contributed by atoms with Crippen LogP contribution in [0, 0.1) is 18.7 Å². The van der Waals surface area contributed by atoms with Gasteiger partial charge in [0.05, 0.1) is 5.57 Å². The van der Waals surface area contributed by atoms with Crippen LogP contribution < -0.4 is 0 Å². The van der Waals surface area contributed by atoms with E-state index in [1.54, 1.807) is 16.8 Å². The van der Waals surface area contributed by atoms with Crippen molar-refractivity contribution in [3.05, 3.63) is 70.3 Å². The molecule has 1 N–H and O–H groups in total. The molecule has 8 heteroatoms. The summed E-state index contributed by atoms with van der Waals surface area (Å²) in [5.74, 6) is 0.340. The van der Waals surface area contributed by atoms with E-state index in [4.69, 9.17) is 4.74 Å². The second-order valence-electron chi connectivity index (χ2n) is 11.7. The molecule has 1 unspecified atom stereocenters. The number of fused-ring (bicyclic) bond motifs is 1. The monoisotopic (exact) mass is 520 g/mol. The lowest BCUT2D eigenvalue weighted by Gasteiger charge is -2.41. The third-order valence-corrected chi connectivity index (χ3v) is 8.64. The molecule has 2 aromatic heterocycles. The minimum atomic E-state index is -0.802. The van der Waals surface area contributed by atoms with Crippen molar-refractivity contribution in [3.63, 3.8) is 0 Å². The molecule has 1 aliphatic carbocycles. The number of rotatable bonds is 8. The number of cyclic esters (lactones) is 1. The van der Waals surface area contributed by atoms with Gasteiger partial charge in [0.2, 0.25) is 0 Å². The fraction of sp³-hybridized carbons (Fsp3) is 0.533. The number of esters is 1. The van der Waals surface area contributed by atoms with E-state index < -0.39 is 11.6 Å². The lowest BCUT2D eigenvalue weighted by atomic mass is 9.76. The number of halogens is 1. The van der Waals surface area contributed by atoms with Gasteiger partial charge < -0.3 is 9.84 Å². The highest BCUT2D eigenvalue weighted by atomic mass is 19.1. The third-order valence-electron chi connectivity index (χ3n) is 8.64. The highest BCUT2D eigenvalue weighted by Crippen LogP contribution is 2.46. The van der Waals surface area contributed by atoms with E-state index in [-0.39, 0.29) is 41.3 Å². The van der Waals surface area contributed by atoms with Gasteiger partial charge in [-0.25, -0.2) is 18.7 Å². The highest BCUT2D eigenvalue weighted by Gasteiger charge is 2.48. The van der Waals surface area contributed by atoms with Crippen molar-refractivity contribution in [2.45, 2.75) is 96.5 Å². The zero-order chi connectivity index (χ0) is 27.1. The summed E-state index contributed by atoms with van der Waals surface area (Å²) in [4.78, 5) is 22.0. The fourth-order valence-corrected chi connectivity index (χ4v) is 5.95. The molecule has 3 aromatic rings. The van der Waals surface area contributed by atoms with Crippen molar-refractivity contribution in [3.8, 4) is 0 Å². The molecule has 2 aliphatic rings.